The first-order valence-corrected chi connectivity index (χ1v) is 6.41. The minimum atomic E-state index is -0.173. The predicted octanol–water partition coefficient (Wildman–Crippen LogP) is 2.29. The fourth-order valence-corrected chi connectivity index (χ4v) is 1.60. The normalized spacial score (nSPS) is 9.74. The quantitative estimate of drug-likeness (QED) is 0.595. The van der Waals surface area contributed by atoms with E-state index in [0.717, 1.165) is 6.42 Å². The zero-order chi connectivity index (χ0) is 14.1. The maximum absolute atomic E-state index is 11.5. The van der Waals surface area contributed by atoms with Crippen molar-refractivity contribution in [2.24, 2.45) is 0 Å². The van der Waals surface area contributed by atoms with Crippen LogP contribution in [0.2, 0.25) is 5.02 Å². The highest BCUT2D eigenvalue weighted by atomic mass is 35.5. The van der Waals surface area contributed by atoms with Crippen molar-refractivity contribution in [1.29, 1.82) is 0 Å². The summed E-state index contributed by atoms with van der Waals surface area (Å²) in [4.78, 5) is 11.5. The van der Waals surface area contributed by atoms with Crippen LogP contribution in [0, 0.1) is 12.3 Å². The molecule has 0 spiro atoms. The molecular weight excluding hydrogens is 264 g/mol. The molecule has 0 radical (unpaired) electrons. The molecule has 1 aromatic carbocycles. The molecule has 0 aliphatic carbocycles. The molecule has 0 aliphatic rings. The lowest BCUT2D eigenvalue weighted by atomic mass is 10.3. The van der Waals surface area contributed by atoms with Gasteiger partial charge in [0.2, 0.25) is 5.91 Å². The second-order valence-corrected chi connectivity index (χ2v) is 4.26. The average Bonchev–Trinajstić information content (AvgIpc) is 2.38. The van der Waals surface area contributed by atoms with Crippen molar-refractivity contribution < 1.29 is 9.53 Å². The van der Waals surface area contributed by atoms with Gasteiger partial charge in [-0.05, 0) is 24.6 Å². The van der Waals surface area contributed by atoms with Crippen LogP contribution in [0.15, 0.2) is 18.2 Å². The molecular formula is C14H17ClN2O2. The molecule has 5 heteroatoms. The van der Waals surface area contributed by atoms with Crippen LogP contribution in [0.3, 0.4) is 0 Å². The zero-order valence-electron chi connectivity index (χ0n) is 10.8. The summed E-state index contributed by atoms with van der Waals surface area (Å²) >= 11 is 6.06. The van der Waals surface area contributed by atoms with E-state index >= 15 is 0 Å². The molecule has 0 heterocycles. The van der Waals surface area contributed by atoms with E-state index in [1.807, 2.05) is 6.92 Å². The highest BCUT2D eigenvalue weighted by Gasteiger charge is 2.05. The molecule has 0 unspecified atom stereocenters. The van der Waals surface area contributed by atoms with E-state index in [0.29, 0.717) is 29.6 Å². The Morgan fingerprint density at radius 2 is 2.32 bits per heavy atom. The van der Waals surface area contributed by atoms with E-state index in [9.17, 15) is 4.79 Å². The Labute approximate surface area is 118 Å². The van der Waals surface area contributed by atoms with E-state index in [1.54, 1.807) is 18.2 Å². The van der Waals surface area contributed by atoms with Gasteiger partial charge in [0, 0.05) is 5.69 Å². The molecule has 1 aromatic rings. The number of anilines is 1. The van der Waals surface area contributed by atoms with Gasteiger partial charge in [-0.1, -0.05) is 24.4 Å². The molecule has 0 atom stereocenters. The van der Waals surface area contributed by atoms with E-state index in [-0.39, 0.29) is 12.5 Å². The Balaban J connectivity index is 2.53. The number of nitrogens with one attached hydrogen (secondary N) is 2. The lowest BCUT2D eigenvalue weighted by Gasteiger charge is -2.09. The lowest BCUT2D eigenvalue weighted by Crippen LogP contribution is -2.28. The van der Waals surface area contributed by atoms with Crippen LogP contribution in [0.25, 0.3) is 0 Å². The third-order valence-corrected chi connectivity index (χ3v) is 2.49. The summed E-state index contributed by atoms with van der Waals surface area (Å²) in [6, 6.07) is 5.14. The van der Waals surface area contributed by atoms with Gasteiger partial charge in [0.25, 0.3) is 0 Å². The highest BCUT2D eigenvalue weighted by molar-refractivity contribution is 6.32. The summed E-state index contributed by atoms with van der Waals surface area (Å²) < 4.78 is 5.45. The van der Waals surface area contributed by atoms with Crippen LogP contribution in [-0.2, 0) is 4.79 Å². The number of hydrogen-bond donors (Lipinski definition) is 2. The summed E-state index contributed by atoms with van der Waals surface area (Å²) in [5, 5.41) is 5.99. The molecule has 0 aromatic heterocycles. The van der Waals surface area contributed by atoms with Gasteiger partial charge >= 0.3 is 0 Å². The Morgan fingerprint density at radius 1 is 1.53 bits per heavy atom. The average molecular weight is 281 g/mol. The van der Waals surface area contributed by atoms with Crippen molar-refractivity contribution in [3.63, 3.8) is 0 Å². The number of carbonyl (C=O) groups is 1. The molecule has 4 nitrogen and oxygen atoms in total. The molecule has 0 bridgehead atoms. The van der Waals surface area contributed by atoms with Crippen molar-refractivity contribution in [3.8, 4) is 18.1 Å². The van der Waals surface area contributed by atoms with Crippen molar-refractivity contribution in [1.82, 2.24) is 5.32 Å². The second kappa shape index (κ2) is 8.41. The third kappa shape index (κ3) is 5.64. The van der Waals surface area contributed by atoms with Gasteiger partial charge in [-0.25, -0.2) is 0 Å². The second-order valence-electron chi connectivity index (χ2n) is 3.85. The Morgan fingerprint density at radius 3 is 2.95 bits per heavy atom. The minimum Gasteiger partial charge on any atom is -0.492 e. The van der Waals surface area contributed by atoms with E-state index in [2.05, 4.69) is 16.6 Å². The van der Waals surface area contributed by atoms with Crippen molar-refractivity contribution >= 4 is 23.2 Å². The molecule has 1 amide bonds. The SMILES string of the molecule is C#CCNCC(=O)Nc1ccc(OCCC)c(Cl)c1. The minimum absolute atomic E-state index is 0.163. The summed E-state index contributed by atoms with van der Waals surface area (Å²) in [5.74, 6) is 2.84. The molecule has 2 N–H and O–H groups in total. The smallest absolute Gasteiger partial charge is 0.238 e. The van der Waals surface area contributed by atoms with Crippen LogP contribution < -0.4 is 15.4 Å². The van der Waals surface area contributed by atoms with Crippen LogP contribution in [0.5, 0.6) is 5.75 Å². The zero-order valence-corrected chi connectivity index (χ0v) is 11.6. The molecule has 0 fully saturated rings. The van der Waals surface area contributed by atoms with Gasteiger partial charge in [-0.15, -0.1) is 6.42 Å². The topological polar surface area (TPSA) is 50.4 Å². The van der Waals surface area contributed by atoms with E-state index < -0.39 is 0 Å². The first kappa shape index (κ1) is 15.4. The van der Waals surface area contributed by atoms with Gasteiger partial charge in [0.15, 0.2) is 0 Å². The van der Waals surface area contributed by atoms with E-state index in [1.165, 1.54) is 0 Å². The number of amides is 1. The summed E-state index contributed by atoms with van der Waals surface area (Å²) in [5.41, 5.74) is 0.626. The Hall–Kier alpha value is -1.70. The molecule has 0 saturated heterocycles. The summed E-state index contributed by atoms with van der Waals surface area (Å²) in [6.07, 6.45) is 5.98. The Bertz CT molecular complexity index is 469. The largest absolute Gasteiger partial charge is 0.492 e. The monoisotopic (exact) mass is 280 g/mol. The fraction of sp³-hybridized carbons (Fsp3) is 0.357. The maximum Gasteiger partial charge on any atom is 0.238 e. The number of hydrogen-bond acceptors (Lipinski definition) is 3. The summed E-state index contributed by atoms with van der Waals surface area (Å²) in [7, 11) is 0. The number of rotatable bonds is 7. The predicted molar refractivity (Wildman–Crippen MR) is 77.6 cm³/mol. The molecule has 19 heavy (non-hydrogen) atoms. The first-order chi connectivity index (χ1) is 9.17. The van der Waals surface area contributed by atoms with Gasteiger partial charge in [-0.2, -0.15) is 0 Å². The van der Waals surface area contributed by atoms with Crippen molar-refractivity contribution in [2.45, 2.75) is 13.3 Å². The number of ether oxygens (including phenoxy) is 1. The van der Waals surface area contributed by atoms with Crippen molar-refractivity contribution in [3.05, 3.63) is 23.2 Å². The first-order valence-electron chi connectivity index (χ1n) is 6.03. The number of terminal acetylenes is 1. The molecule has 0 aliphatic heterocycles. The third-order valence-electron chi connectivity index (χ3n) is 2.19. The number of benzene rings is 1. The van der Waals surface area contributed by atoms with Gasteiger partial charge in [0.05, 0.1) is 24.7 Å². The Kier molecular flexibility index (Phi) is 6.80. The van der Waals surface area contributed by atoms with Crippen LogP contribution in [0.4, 0.5) is 5.69 Å². The molecule has 0 saturated carbocycles. The van der Waals surface area contributed by atoms with Crippen LogP contribution in [0.1, 0.15) is 13.3 Å². The fourth-order valence-electron chi connectivity index (χ4n) is 1.36. The standard InChI is InChI=1S/C14H17ClN2O2/c1-3-7-16-10-14(18)17-11-5-6-13(12(15)9-11)19-8-4-2/h1,5-6,9,16H,4,7-8,10H2,2H3,(H,17,18). The van der Waals surface area contributed by atoms with Crippen LogP contribution >= 0.6 is 11.6 Å². The van der Waals surface area contributed by atoms with Gasteiger partial charge < -0.3 is 10.1 Å². The lowest BCUT2D eigenvalue weighted by molar-refractivity contribution is -0.115. The van der Waals surface area contributed by atoms with Gasteiger partial charge in [-0.3, -0.25) is 10.1 Å². The molecule has 102 valence electrons. The molecule has 1 rings (SSSR count). The summed E-state index contributed by atoms with van der Waals surface area (Å²) in [6.45, 7) is 3.15. The number of halogens is 1. The highest BCUT2D eigenvalue weighted by Crippen LogP contribution is 2.27. The van der Waals surface area contributed by atoms with Crippen molar-refractivity contribution in [2.75, 3.05) is 25.0 Å². The van der Waals surface area contributed by atoms with Gasteiger partial charge in [0.1, 0.15) is 5.75 Å². The van der Waals surface area contributed by atoms with Crippen LogP contribution in [-0.4, -0.2) is 25.6 Å². The number of carbonyl (C=O) groups excluding carboxylic acids is 1. The maximum atomic E-state index is 11.5. The van der Waals surface area contributed by atoms with E-state index in [4.69, 9.17) is 22.8 Å².